The van der Waals surface area contributed by atoms with Crippen LogP contribution in [-0.4, -0.2) is 23.7 Å². The number of carbonyl (C=O) groups excluding carboxylic acids is 3. The van der Waals surface area contributed by atoms with Crippen LogP contribution in [0.3, 0.4) is 0 Å². The Morgan fingerprint density at radius 1 is 1.26 bits per heavy atom. The number of imide groups is 1. The normalized spacial score (nSPS) is 15.0. The van der Waals surface area contributed by atoms with E-state index in [1.165, 1.54) is 24.3 Å². The largest absolute Gasteiger partial charge is 0.483 e. The van der Waals surface area contributed by atoms with Gasteiger partial charge in [0.05, 0.1) is 10.6 Å². The van der Waals surface area contributed by atoms with Crippen molar-refractivity contribution >= 4 is 56.5 Å². The second-order valence-electron chi connectivity index (χ2n) is 5.35. The molecule has 2 aromatic carbocycles. The van der Waals surface area contributed by atoms with Crippen molar-refractivity contribution in [1.82, 2.24) is 5.32 Å². The second kappa shape index (κ2) is 8.36. The highest BCUT2D eigenvalue weighted by Gasteiger charge is 2.25. The molecule has 2 aromatic rings. The van der Waals surface area contributed by atoms with Crippen LogP contribution < -0.4 is 15.4 Å². The quantitative estimate of drug-likeness (QED) is 0.674. The van der Waals surface area contributed by atoms with Gasteiger partial charge in [-0.25, -0.2) is 4.39 Å². The maximum absolute atomic E-state index is 13.6. The summed E-state index contributed by atoms with van der Waals surface area (Å²) in [6.45, 7) is -0.357. The summed E-state index contributed by atoms with van der Waals surface area (Å²) in [4.78, 5) is 35.2. The highest BCUT2D eigenvalue weighted by molar-refractivity contribution is 9.10. The van der Waals surface area contributed by atoms with Crippen LogP contribution >= 0.6 is 27.7 Å². The molecule has 27 heavy (non-hydrogen) atoms. The van der Waals surface area contributed by atoms with Gasteiger partial charge in [-0.05, 0) is 48.2 Å². The van der Waals surface area contributed by atoms with Gasteiger partial charge in [-0.15, -0.1) is 0 Å². The van der Waals surface area contributed by atoms with Crippen LogP contribution in [0.4, 0.5) is 14.9 Å². The van der Waals surface area contributed by atoms with Crippen molar-refractivity contribution in [1.29, 1.82) is 0 Å². The Labute approximate surface area is 166 Å². The van der Waals surface area contributed by atoms with E-state index in [0.29, 0.717) is 11.3 Å². The lowest BCUT2D eigenvalue weighted by molar-refractivity contribution is -0.118. The fourth-order valence-electron chi connectivity index (χ4n) is 2.22. The number of hydrogen-bond donors (Lipinski definition) is 2. The van der Waals surface area contributed by atoms with Crippen LogP contribution in [0.2, 0.25) is 0 Å². The minimum Gasteiger partial charge on any atom is -0.483 e. The first-order valence-electron chi connectivity index (χ1n) is 7.64. The van der Waals surface area contributed by atoms with Crippen molar-refractivity contribution in [3.63, 3.8) is 0 Å². The molecule has 1 heterocycles. The van der Waals surface area contributed by atoms with Gasteiger partial charge < -0.3 is 10.1 Å². The molecule has 0 atom stereocenters. The average Bonchev–Trinajstić information content (AvgIpc) is 2.93. The minimum absolute atomic E-state index is 0.0572. The van der Waals surface area contributed by atoms with E-state index in [9.17, 15) is 18.8 Å². The molecule has 0 unspecified atom stereocenters. The van der Waals surface area contributed by atoms with E-state index in [-0.39, 0.29) is 17.2 Å². The topological polar surface area (TPSA) is 84.5 Å². The lowest BCUT2D eigenvalue weighted by Crippen LogP contribution is -2.21. The molecule has 0 saturated carbocycles. The average molecular weight is 451 g/mol. The third kappa shape index (κ3) is 4.95. The molecular formula is C18H12BrFN2O4S. The first-order chi connectivity index (χ1) is 12.9. The van der Waals surface area contributed by atoms with Crippen molar-refractivity contribution in [3.05, 3.63) is 63.2 Å². The summed E-state index contributed by atoms with van der Waals surface area (Å²) in [5.41, 5.74) is 0.567. The molecule has 138 valence electrons. The third-order valence-corrected chi connectivity index (χ3v) is 4.71. The number of benzene rings is 2. The van der Waals surface area contributed by atoms with Gasteiger partial charge in [0, 0.05) is 10.0 Å². The van der Waals surface area contributed by atoms with E-state index >= 15 is 0 Å². The summed E-state index contributed by atoms with van der Waals surface area (Å²) in [5.74, 6) is -1.24. The van der Waals surface area contributed by atoms with Crippen LogP contribution in [0, 0.1) is 5.82 Å². The first-order valence-corrected chi connectivity index (χ1v) is 9.25. The Morgan fingerprint density at radius 2 is 2.04 bits per heavy atom. The molecule has 1 aliphatic rings. The fraction of sp³-hybridized carbons (Fsp3) is 0.0556. The van der Waals surface area contributed by atoms with Gasteiger partial charge in [0.1, 0.15) is 11.6 Å². The van der Waals surface area contributed by atoms with E-state index in [0.717, 1.165) is 16.2 Å². The summed E-state index contributed by atoms with van der Waals surface area (Å²) < 4.78 is 19.8. The molecule has 3 rings (SSSR count). The summed E-state index contributed by atoms with van der Waals surface area (Å²) in [6.07, 6.45) is 1.50. The molecule has 1 aliphatic heterocycles. The number of rotatable bonds is 5. The van der Waals surface area contributed by atoms with Crippen molar-refractivity contribution in [2.24, 2.45) is 0 Å². The fourth-order valence-corrected chi connectivity index (χ4v) is 3.27. The summed E-state index contributed by atoms with van der Waals surface area (Å²) in [6, 6.07) is 10.8. The molecule has 9 heteroatoms. The Kier molecular flexibility index (Phi) is 5.92. The lowest BCUT2D eigenvalue weighted by Gasteiger charge is -2.11. The van der Waals surface area contributed by atoms with Crippen LogP contribution in [0.5, 0.6) is 5.75 Å². The summed E-state index contributed by atoms with van der Waals surface area (Å²) in [7, 11) is 0. The Hall–Kier alpha value is -2.65. The summed E-state index contributed by atoms with van der Waals surface area (Å²) >= 11 is 4.11. The van der Waals surface area contributed by atoms with Gasteiger partial charge >= 0.3 is 0 Å². The van der Waals surface area contributed by atoms with Crippen LogP contribution in [0.15, 0.2) is 51.8 Å². The second-order valence-corrected chi connectivity index (χ2v) is 7.28. The predicted molar refractivity (Wildman–Crippen MR) is 104 cm³/mol. The van der Waals surface area contributed by atoms with E-state index in [1.807, 2.05) is 0 Å². The molecule has 1 fully saturated rings. The maximum Gasteiger partial charge on any atom is 0.290 e. The predicted octanol–water partition coefficient (Wildman–Crippen LogP) is 3.93. The van der Waals surface area contributed by atoms with Gasteiger partial charge in [-0.1, -0.05) is 28.1 Å². The number of ether oxygens (including phenoxy) is 1. The van der Waals surface area contributed by atoms with Crippen molar-refractivity contribution < 1.29 is 23.5 Å². The van der Waals surface area contributed by atoms with Crippen molar-refractivity contribution in [2.75, 3.05) is 11.9 Å². The Bertz CT molecular complexity index is 964. The molecule has 1 saturated heterocycles. The molecular weight excluding hydrogens is 439 g/mol. The van der Waals surface area contributed by atoms with E-state index in [4.69, 9.17) is 4.74 Å². The number of para-hydroxylation sites is 1. The van der Waals surface area contributed by atoms with Crippen LogP contribution in [-0.2, 0) is 9.59 Å². The Balaban J connectivity index is 1.73. The third-order valence-electron chi connectivity index (χ3n) is 3.41. The highest BCUT2D eigenvalue weighted by atomic mass is 79.9. The monoisotopic (exact) mass is 450 g/mol. The molecule has 6 nitrogen and oxygen atoms in total. The van der Waals surface area contributed by atoms with Crippen LogP contribution in [0.25, 0.3) is 6.08 Å². The van der Waals surface area contributed by atoms with E-state index in [2.05, 4.69) is 26.6 Å². The molecule has 0 aliphatic carbocycles. The van der Waals surface area contributed by atoms with Crippen LogP contribution in [0.1, 0.15) is 5.56 Å². The number of nitrogens with one attached hydrogen (secondary N) is 2. The SMILES string of the molecule is O=C(COc1ccc(Br)cc1/C=C1\SC(=O)NC1=O)Nc1ccccc1F. The zero-order chi connectivity index (χ0) is 19.4. The van der Waals surface area contributed by atoms with Gasteiger partial charge in [0.2, 0.25) is 0 Å². The molecule has 0 aromatic heterocycles. The molecule has 3 amide bonds. The van der Waals surface area contributed by atoms with E-state index < -0.39 is 22.9 Å². The zero-order valence-electron chi connectivity index (χ0n) is 13.6. The molecule has 0 radical (unpaired) electrons. The Morgan fingerprint density at radius 3 is 2.74 bits per heavy atom. The summed E-state index contributed by atoms with van der Waals surface area (Å²) in [5, 5.41) is 4.14. The maximum atomic E-state index is 13.6. The number of thioether (sulfide) groups is 1. The minimum atomic E-state index is -0.547. The number of carbonyl (C=O) groups is 3. The van der Waals surface area contributed by atoms with Gasteiger partial charge in [0.15, 0.2) is 6.61 Å². The molecule has 0 bridgehead atoms. The van der Waals surface area contributed by atoms with Gasteiger partial charge in [-0.2, -0.15) is 0 Å². The van der Waals surface area contributed by atoms with Gasteiger partial charge in [-0.3, -0.25) is 19.7 Å². The number of hydrogen-bond acceptors (Lipinski definition) is 5. The zero-order valence-corrected chi connectivity index (χ0v) is 16.0. The number of anilines is 1. The standard InChI is InChI=1S/C18H12BrFN2O4S/c19-11-5-6-14(10(7-11)8-15-17(24)22-18(25)27-15)26-9-16(23)21-13-4-2-1-3-12(13)20/h1-8H,9H2,(H,21,23)(H,22,24,25)/b15-8-. The van der Waals surface area contributed by atoms with Crippen molar-refractivity contribution in [2.45, 2.75) is 0 Å². The molecule has 0 spiro atoms. The first kappa shape index (κ1) is 19.1. The van der Waals surface area contributed by atoms with E-state index in [1.54, 1.807) is 24.3 Å². The number of halogens is 2. The smallest absolute Gasteiger partial charge is 0.290 e. The highest BCUT2D eigenvalue weighted by Crippen LogP contribution is 2.31. The molecule has 2 N–H and O–H groups in total. The lowest BCUT2D eigenvalue weighted by atomic mass is 10.2. The van der Waals surface area contributed by atoms with Crippen molar-refractivity contribution in [3.8, 4) is 5.75 Å². The van der Waals surface area contributed by atoms with Gasteiger partial charge in [0.25, 0.3) is 17.1 Å². The number of amides is 3.